The smallest absolute Gasteiger partial charge is 0.161 e. The molecule has 31 heavy (non-hydrogen) atoms. The summed E-state index contributed by atoms with van der Waals surface area (Å²) in [5.41, 5.74) is 3.28. The average molecular weight is 423 g/mol. The highest BCUT2D eigenvalue weighted by atomic mass is 16.1. The van der Waals surface area contributed by atoms with Crippen molar-refractivity contribution in [1.29, 1.82) is 0 Å². The molecule has 0 aromatic heterocycles. The van der Waals surface area contributed by atoms with Crippen LogP contribution in [0.4, 0.5) is 0 Å². The van der Waals surface area contributed by atoms with Gasteiger partial charge in [-0.1, -0.05) is 73.1 Å². The third-order valence-corrected chi connectivity index (χ3v) is 12.3. The van der Waals surface area contributed by atoms with E-state index in [-0.39, 0.29) is 10.8 Å². The first-order valence-electron chi connectivity index (χ1n) is 13.2. The molecule has 5 aliphatic carbocycles. The SMILES string of the molecule is CC1(C)C=C2[C@H]3CC[C@@H]4[C@@]5(C)C=CC(=O)C(C)(C)[C@@H]5CC[C@@]4(C)[C@]3(C)CC[C@@]2(C)CC1. The first-order valence-corrected chi connectivity index (χ1v) is 13.2. The summed E-state index contributed by atoms with van der Waals surface area (Å²) in [5.74, 6) is 2.26. The Bertz CT molecular complexity index is 873. The fraction of sp³-hybridized carbons (Fsp3) is 0.833. The van der Waals surface area contributed by atoms with Gasteiger partial charge in [-0.15, -0.1) is 0 Å². The lowest BCUT2D eigenvalue weighted by Crippen LogP contribution is -2.64. The van der Waals surface area contributed by atoms with Crippen molar-refractivity contribution in [1.82, 2.24) is 0 Å². The molecule has 0 bridgehead atoms. The second-order valence-corrected chi connectivity index (χ2v) is 14.5. The van der Waals surface area contributed by atoms with Gasteiger partial charge in [0.25, 0.3) is 0 Å². The number of carbonyl (C=O) groups excluding carboxylic acids is 1. The molecule has 172 valence electrons. The Morgan fingerprint density at radius 3 is 2.13 bits per heavy atom. The molecule has 0 aliphatic heterocycles. The van der Waals surface area contributed by atoms with Gasteiger partial charge in [-0.2, -0.15) is 0 Å². The molecule has 0 amide bonds. The van der Waals surface area contributed by atoms with Crippen LogP contribution in [0.1, 0.15) is 107 Å². The molecule has 0 spiro atoms. The number of fused-ring (bicyclic) bond motifs is 7. The fourth-order valence-electron chi connectivity index (χ4n) is 9.93. The molecule has 0 saturated heterocycles. The highest BCUT2D eigenvalue weighted by Gasteiger charge is 2.68. The predicted octanol–water partition coefficient (Wildman–Crippen LogP) is 8.15. The van der Waals surface area contributed by atoms with Gasteiger partial charge in [0.2, 0.25) is 0 Å². The minimum Gasteiger partial charge on any atom is -0.294 e. The number of hydrogen-bond donors (Lipinski definition) is 0. The number of hydrogen-bond acceptors (Lipinski definition) is 1. The Hall–Kier alpha value is -0.850. The molecule has 3 saturated carbocycles. The largest absolute Gasteiger partial charge is 0.294 e. The maximum absolute atomic E-state index is 12.8. The van der Waals surface area contributed by atoms with E-state index in [1.54, 1.807) is 0 Å². The van der Waals surface area contributed by atoms with E-state index in [0.717, 1.165) is 5.92 Å². The highest BCUT2D eigenvalue weighted by Crippen LogP contribution is 2.75. The quantitative estimate of drug-likeness (QED) is 0.360. The van der Waals surface area contributed by atoms with Gasteiger partial charge in [-0.3, -0.25) is 4.79 Å². The number of allylic oxidation sites excluding steroid dienone is 4. The van der Waals surface area contributed by atoms with E-state index >= 15 is 0 Å². The van der Waals surface area contributed by atoms with Gasteiger partial charge in [0.15, 0.2) is 5.78 Å². The first kappa shape index (κ1) is 22.0. The first-order chi connectivity index (χ1) is 14.2. The zero-order valence-corrected chi connectivity index (χ0v) is 21.5. The molecule has 0 radical (unpaired) electrons. The van der Waals surface area contributed by atoms with Crippen molar-refractivity contribution in [2.75, 3.05) is 0 Å². The van der Waals surface area contributed by atoms with Crippen LogP contribution in [-0.4, -0.2) is 5.78 Å². The van der Waals surface area contributed by atoms with Crippen LogP contribution in [0.25, 0.3) is 0 Å². The number of carbonyl (C=O) groups is 1. The maximum atomic E-state index is 12.8. The molecule has 5 rings (SSSR count). The van der Waals surface area contributed by atoms with Crippen LogP contribution >= 0.6 is 0 Å². The molecule has 1 nitrogen and oxygen atoms in total. The molecule has 0 unspecified atom stereocenters. The van der Waals surface area contributed by atoms with E-state index in [2.05, 4.69) is 67.5 Å². The zero-order valence-electron chi connectivity index (χ0n) is 21.5. The Morgan fingerprint density at radius 1 is 0.742 bits per heavy atom. The molecular weight excluding hydrogens is 376 g/mol. The summed E-state index contributed by atoms with van der Waals surface area (Å²) in [6.45, 7) is 19.8. The van der Waals surface area contributed by atoms with E-state index in [4.69, 9.17) is 0 Å². The Kier molecular flexibility index (Phi) is 4.38. The fourth-order valence-corrected chi connectivity index (χ4v) is 9.93. The van der Waals surface area contributed by atoms with Gasteiger partial charge in [0.05, 0.1) is 0 Å². The third-order valence-electron chi connectivity index (χ3n) is 12.3. The molecule has 7 atom stereocenters. The van der Waals surface area contributed by atoms with Gasteiger partial charge in [-0.25, -0.2) is 0 Å². The predicted molar refractivity (Wildman–Crippen MR) is 130 cm³/mol. The van der Waals surface area contributed by atoms with Crippen molar-refractivity contribution in [3.63, 3.8) is 0 Å². The average Bonchev–Trinajstić information content (AvgIpc) is 2.67. The topological polar surface area (TPSA) is 17.1 Å². The normalized spacial score (nSPS) is 52.3. The van der Waals surface area contributed by atoms with Crippen molar-refractivity contribution in [2.24, 2.45) is 50.2 Å². The van der Waals surface area contributed by atoms with Crippen LogP contribution in [-0.2, 0) is 4.79 Å². The minimum absolute atomic E-state index is 0.152. The van der Waals surface area contributed by atoms with Crippen LogP contribution in [0.3, 0.4) is 0 Å². The van der Waals surface area contributed by atoms with E-state index in [0.29, 0.717) is 39.3 Å². The van der Waals surface area contributed by atoms with Crippen molar-refractivity contribution >= 4 is 5.78 Å². The molecular formula is C30H46O. The lowest BCUT2D eigenvalue weighted by molar-refractivity contribution is -0.189. The van der Waals surface area contributed by atoms with Crippen molar-refractivity contribution in [3.05, 3.63) is 23.8 Å². The summed E-state index contributed by atoms with van der Waals surface area (Å²) < 4.78 is 0. The summed E-state index contributed by atoms with van der Waals surface area (Å²) in [5, 5.41) is 0. The standard InChI is InChI=1S/C30H46O/c1-25(2)15-16-27(5)17-18-29(7)20(21(27)19-25)9-10-23-28(6)13-12-24(31)26(3,4)22(28)11-14-30(23,29)8/h12-13,19-20,22-23H,9-11,14-18H2,1-8H3/t20-,22+,23-,27-,28+,29-,30-/m1/s1. The molecule has 1 heteroatoms. The van der Waals surface area contributed by atoms with E-state index in [1.807, 2.05) is 11.6 Å². The number of rotatable bonds is 0. The molecule has 3 fully saturated rings. The highest BCUT2D eigenvalue weighted by molar-refractivity contribution is 5.95. The Morgan fingerprint density at radius 2 is 1.42 bits per heavy atom. The monoisotopic (exact) mass is 422 g/mol. The van der Waals surface area contributed by atoms with E-state index in [1.165, 1.54) is 51.4 Å². The van der Waals surface area contributed by atoms with Crippen LogP contribution in [0.2, 0.25) is 0 Å². The van der Waals surface area contributed by atoms with Crippen LogP contribution in [0.15, 0.2) is 23.8 Å². The number of ketones is 1. The van der Waals surface area contributed by atoms with Crippen LogP contribution < -0.4 is 0 Å². The summed E-state index contributed by atoms with van der Waals surface area (Å²) in [4.78, 5) is 12.8. The molecule has 5 aliphatic rings. The van der Waals surface area contributed by atoms with Gasteiger partial charge in [0, 0.05) is 5.41 Å². The van der Waals surface area contributed by atoms with E-state index in [9.17, 15) is 4.79 Å². The summed E-state index contributed by atoms with van der Waals surface area (Å²) in [6, 6.07) is 0. The lowest BCUT2D eigenvalue weighted by Gasteiger charge is -2.71. The summed E-state index contributed by atoms with van der Waals surface area (Å²) in [6.07, 6.45) is 17.7. The summed E-state index contributed by atoms with van der Waals surface area (Å²) in [7, 11) is 0. The van der Waals surface area contributed by atoms with Crippen LogP contribution in [0.5, 0.6) is 0 Å². The second kappa shape index (κ2) is 6.18. The Balaban J connectivity index is 1.59. The van der Waals surface area contributed by atoms with Crippen molar-refractivity contribution in [2.45, 2.75) is 107 Å². The minimum atomic E-state index is -0.219. The zero-order chi connectivity index (χ0) is 22.7. The van der Waals surface area contributed by atoms with Crippen molar-refractivity contribution in [3.8, 4) is 0 Å². The third kappa shape index (κ3) is 2.64. The molecule has 0 N–H and O–H groups in total. The van der Waals surface area contributed by atoms with Gasteiger partial charge in [-0.05, 0) is 102 Å². The van der Waals surface area contributed by atoms with Crippen LogP contribution in [0, 0.1) is 50.2 Å². The van der Waals surface area contributed by atoms with Gasteiger partial charge >= 0.3 is 0 Å². The molecule has 0 aromatic carbocycles. The van der Waals surface area contributed by atoms with Gasteiger partial charge < -0.3 is 0 Å². The van der Waals surface area contributed by atoms with E-state index < -0.39 is 0 Å². The lowest BCUT2D eigenvalue weighted by atomic mass is 9.33. The summed E-state index contributed by atoms with van der Waals surface area (Å²) >= 11 is 0. The molecule has 0 heterocycles. The van der Waals surface area contributed by atoms with Crippen molar-refractivity contribution < 1.29 is 4.79 Å². The maximum Gasteiger partial charge on any atom is 0.161 e. The second-order valence-electron chi connectivity index (χ2n) is 14.5. The molecule has 0 aromatic rings. The van der Waals surface area contributed by atoms with Gasteiger partial charge in [0.1, 0.15) is 0 Å². The Labute approximate surface area is 191 Å².